The number of benzene rings is 1. The van der Waals surface area contributed by atoms with E-state index in [0.717, 1.165) is 37.2 Å². The van der Waals surface area contributed by atoms with Crippen molar-refractivity contribution in [2.24, 2.45) is 5.92 Å². The fourth-order valence-electron chi connectivity index (χ4n) is 2.44. The van der Waals surface area contributed by atoms with Crippen molar-refractivity contribution in [1.82, 2.24) is 4.90 Å². The highest BCUT2D eigenvalue weighted by Crippen LogP contribution is 2.19. The van der Waals surface area contributed by atoms with E-state index in [1.165, 1.54) is 0 Å². The van der Waals surface area contributed by atoms with Crippen LogP contribution in [-0.4, -0.2) is 42.7 Å². The lowest BCUT2D eigenvalue weighted by Gasteiger charge is -2.13. The molecule has 0 saturated carbocycles. The standard InChI is InChI=1S/C16H21NO3/c1-20-15-5-2-13(3-6-15)4-7-16(19)17-10-8-14(12-17)9-11-18/h2-7,14,18H,8-12H2,1H3/b7-4+. The number of ether oxygens (including phenoxy) is 1. The molecule has 1 unspecified atom stereocenters. The summed E-state index contributed by atoms with van der Waals surface area (Å²) in [5.74, 6) is 1.29. The fourth-order valence-corrected chi connectivity index (χ4v) is 2.44. The van der Waals surface area contributed by atoms with Crippen LogP contribution < -0.4 is 4.74 Å². The van der Waals surface area contributed by atoms with Crippen molar-refractivity contribution < 1.29 is 14.6 Å². The predicted molar refractivity (Wildman–Crippen MR) is 78.4 cm³/mol. The number of aliphatic hydroxyl groups is 1. The summed E-state index contributed by atoms with van der Waals surface area (Å²) in [4.78, 5) is 13.9. The first-order chi connectivity index (χ1) is 9.72. The predicted octanol–water partition coefficient (Wildman–Crippen LogP) is 1.94. The molecule has 0 spiro atoms. The molecule has 0 aromatic heterocycles. The average molecular weight is 275 g/mol. The molecule has 1 aliphatic rings. The summed E-state index contributed by atoms with van der Waals surface area (Å²) in [6, 6.07) is 7.58. The Morgan fingerprint density at radius 2 is 2.20 bits per heavy atom. The number of amides is 1. The van der Waals surface area contributed by atoms with E-state index in [1.807, 2.05) is 35.2 Å². The lowest BCUT2D eigenvalue weighted by atomic mass is 10.1. The molecule has 4 nitrogen and oxygen atoms in total. The highest BCUT2D eigenvalue weighted by Gasteiger charge is 2.24. The number of nitrogens with zero attached hydrogens (tertiary/aromatic N) is 1. The van der Waals surface area contributed by atoms with Crippen LogP contribution in [-0.2, 0) is 4.79 Å². The number of hydrogen-bond acceptors (Lipinski definition) is 3. The van der Waals surface area contributed by atoms with Crippen LogP contribution in [0.2, 0.25) is 0 Å². The van der Waals surface area contributed by atoms with Gasteiger partial charge in [-0.3, -0.25) is 4.79 Å². The van der Waals surface area contributed by atoms with Crippen LogP contribution in [0.15, 0.2) is 30.3 Å². The average Bonchev–Trinajstić information content (AvgIpc) is 2.94. The van der Waals surface area contributed by atoms with Crippen LogP contribution in [0.25, 0.3) is 6.08 Å². The van der Waals surface area contributed by atoms with Gasteiger partial charge in [-0.1, -0.05) is 12.1 Å². The monoisotopic (exact) mass is 275 g/mol. The summed E-state index contributed by atoms with van der Waals surface area (Å²) in [6.07, 6.45) is 5.21. The second kappa shape index (κ2) is 7.10. The highest BCUT2D eigenvalue weighted by molar-refractivity contribution is 5.91. The molecule has 1 aliphatic heterocycles. The van der Waals surface area contributed by atoms with E-state index >= 15 is 0 Å². The second-order valence-electron chi connectivity index (χ2n) is 5.06. The Hall–Kier alpha value is -1.81. The van der Waals surface area contributed by atoms with Gasteiger partial charge >= 0.3 is 0 Å². The molecule has 1 heterocycles. The summed E-state index contributed by atoms with van der Waals surface area (Å²) >= 11 is 0. The number of carbonyl (C=O) groups is 1. The van der Waals surface area contributed by atoms with E-state index in [2.05, 4.69) is 0 Å². The van der Waals surface area contributed by atoms with E-state index in [9.17, 15) is 4.79 Å². The molecule has 0 radical (unpaired) electrons. The van der Waals surface area contributed by atoms with Gasteiger partial charge in [-0.2, -0.15) is 0 Å². The third-order valence-electron chi connectivity index (χ3n) is 3.67. The molecule has 1 atom stereocenters. The first kappa shape index (κ1) is 14.6. The second-order valence-corrected chi connectivity index (χ2v) is 5.06. The Balaban J connectivity index is 1.89. The first-order valence-corrected chi connectivity index (χ1v) is 6.95. The maximum Gasteiger partial charge on any atom is 0.246 e. The molecule has 1 aromatic rings. The minimum absolute atomic E-state index is 0.0428. The van der Waals surface area contributed by atoms with E-state index in [-0.39, 0.29) is 12.5 Å². The molecule has 4 heteroatoms. The van der Waals surface area contributed by atoms with Gasteiger partial charge < -0.3 is 14.7 Å². The van der Waals surface area contributed by atoms with Crippen LogP contribution in [0, 0.1) is 5.92 Å². The Kier molecular flexibility index (Phi) is 5.18. The molecule has 0 bridgehead atoms. The smallest absolute Gasteiger partial charge is 0.246 e. The molecule has 1 aromatic carbocycles. The van der Waals surface area contributed by atoms with Crippen molar-refractivity contribution in [3.8, 4) is 5.75 Å². The highest BCUT2D eigenvalue weighted by atomic mass is 16.5. The number of aliphatic hydroxyl groups excluding tert-OH is 1. The Morgan fingerprint density at radius 3 is 2.85 bits per heavy atom. The SMILES string of the molecule is COc1ccc(/C=C/C(=O)N2CCC(CCO)C2)cc1. The zero-order valence-corrected chi connectivity index (χ0v) is 11.8. The normalized spacial score (nSPS) is 18.7. The maximum absolute atomic E-state index is 12.0. The summed E-state index contributed by atoms with van der Waals surface area (Å²) in [6.45, 7) is 1.75. The summed E-state index contributed by atoms with van der Waals surface area (Å²) in [5, 5.41) is 8.92. The third kappa shape index (κ3) is 3.84. The van der Waals surface area contributed by atoms with E-state index < -0.39 is 0 Å². The molecular formula is C16H21NO3. The topological polar surface area (TPSA) is 49.8 Å². The van der Waals surface area contributed by atoms with Crippen molar-refractivity contribution >= 4 is 12.0 Å². The van der Waals surface area contributed by atoms with Crippen molar-refractivity contribution in [3.63, 3.8) is 0 Å². The first-order valence-electron chi connectivity index (χ1n) is 6.95. The van der Waals surface area contributed by atoms with Crippen molar-refractivity contribution in [1.29, 1.82) is 0 Å². The van der Waals surface area contributed by atoms with Gasteiger partial charge in [0.05, 0.1) is 7.11 Å². The van der Waals surface area contributed by atoms with Crippen molar-refractivity contribution in [2.75, 3.05) is 26.8 Å². The maximum atomic E-state index is 12.0. The number of likely N-dealkylation sites (tertiary alicyclic amines) is 1. The largest absolute Gasteiger partial charge is 0.497 e. The zero-order valence-electron chi connectivity index (χ0n) is 11.8. The van der Waals surface area contributed by atoms with Crippen LogP contribution in [0.5, 0.6) is 5.75 Å². The lowest BCUT2D eigenvalue weighted by Crippen LogP contribution is -2.26. The molecule has 1 amide bonds. The van der Waals surface area contributed by atoms with Gasteiger partial charge in [-0.05, 0) is 42.5 Å². The fraction of sp³-hybridized carbons (Fsp3) is 0.438. The van der Waals surface area contributed by atoms with Gasteiger partial charge in [0.1, 0.15) is 5.75 Å². The van der Waals surface area contributed by atoms with Crippen molar-refractivity contribution in [2.45, 2.75) is 12.8 Å². The molecule has 1 saturated heterocycles. The minimum Gasteiger partial charge on any atom is -0.497 e. The Morgan fingerprint density at radius 1 is 1.45 bits per heavy atom. The summed E-state index contributed by atoms with van der Waals surface area (Å²) in [7, 11) is 1.63. The van der Waals surface area contributed by atoms with Gasteiger partial charge in [0.15, 0.2) is 0 Å². The number of hydrogen-bond donors (Lipinski definition) is 1. The van der Waals surface area contributed by atoms with E-state index in [0.29, 0.717) is 5.92 Å². The van der Waals surface area contributed by atoms with Gasteiger partial charge in [0.2, 0.25) is 5.91 Å². The van der Waals surface area contributed by atoms with Gasteiger partial charge in [-0.25, -0.2) is 0 Å². The van der Waals surface area contributed by atoms with Crippen LogP contribution in [0.1, 0.15) is 18.4 Å². The van der Waals surface area contributed by atoms with E-state index in [1.54, 1.807) is 13.2 Å². The molecule has 1 fully saturated rings. The van der Waals surface area contributed by atoms with Gasteiger partial charge in [0.25, 0.3) is 0 Å². The number of carbonyl (C=O) groups excluding carboxylic acids is 1. The van der Waals surface area contributed by atoms with Crippen LogP contribution in [0.3, 0.4) is 0 Å². The number of methoxy groups -OCH3 is 1. The molecule has 1 N–H and O–H groups in total. The van der Waals surface area contributed by atoms with Gasteiger partial charge in [-0.15, -0.1) is 0 Å². The van der Waals surface area contributed by atoms with Crippen LogP contribution >= 0.6 is 0 Å². The third-order valence-corrected chi connectivity index (χ3v) is 3.67. The molecule has 20 heavy (non-hydrogen) atoms. The zero-order chi connectivity index (χ0) is 14.4. The molecular weight excluding hydrogens is 254 g/mol. The summed E-state index contributed by atoms with van der Waals surface area (Å²) in [5.41, 5.74) is 0.977. The summed E-state index contributed by atoms with van der Waals surface area (Å²) < 4.78 is 5.09. The van der Waals surface area contributed by atoms with E-state index in [4.69, 9.17) is 9.84 Å². The molecule has 108 valence electrons. The van der Waals surface area contributed by atoms with Gasteiger partial charge in [0, 0.05) is 25.8 Å². The van der Waals surface area contributed by atoms with Crippen LogP contribution in [0.4, 0.5) is 0 Å². The Bertz CT molecular complexity index is 467. The molecule has 2 rings (SSSR count). The Labute approximate surface area is 119 Å². The minimum atomic E-state index is 0.0428. The lowest BCUT2D eigenvalue weighted by molar-refractivity contribution is -0.125. The quantitative estimate of drug-likeness (QED) is 0.835. The molecule has 0 aliphatic carbocycles. The van der Waals surface area contributed by atoms with Crippen molar-refractivity contribution in [3.05, 3.63) is 35.9 Å². The number of rotatable bonds is 5.